The van der Waals surface area contributed by atoms with Gasteiger partial charge in [0.1, 0.15) is 48.4 Å². The van der Waals surface area contributed by atoms with Crippen LogP contribution in [-0.4, -0.2) is 92.3 Å². The number of aliphatic hydroxyl groups is 4. The average Bonchev–Trinajstić information content (AvgIpc) is 3.49. The van der Waals surface area contributed by atoms with Crippen molar-refractivity contribution >= 4 is 17.6 Å². The minimum Gasteiger partial charge on any atom is -0.490 e. The lowest BCUT2D eigenvalue weighted by atomic mass is 9.82. The van der Waals surface area contributed by atoms with Gasteiger partial charge in [0.05, 0.1) is 18.8 Å². The highest BCUT2D eigenvalue weighted by molar-refractivity contribution is 6.31. The Morgan fingerprint density at radius 2 is 1.80 bits per heavy atom. The summed E-state index contributed by atoms with van der Waals surface area (Å²) < 4.78 is 11.9. The number of benzene rings is 2. The molecule has 2 heterocycles. The van der Waals surface area contributed by atoms with Gasteiger partial charge in [-0.05, 0) is 85.8 Å². The number of hydrazine groups is 1. The van der Waals surface area contributed by atoms with E-state index in [-0.39, 0.29) is 18.1 Å². The molecule has 0 radical (unpaired) electrons. The molecule has 5 rings (SSSR count). The summed E-state index contributed by atoms with van der Waals surface area (Å²) in [6.07, 6.45) is -1.22. The maximum absolute atomic E-state index is 12.0. The normalized spacial score (nSPS) is 31.7. The number of hydrogen-bond acceptors (Lipinski definition) is 10. The maximum atomic E-state index is 12.0. The van der Waals surface area contributed by atoms with Gasteiger partial charge in [0, 0.05) is 11.6 Å². The minimum atomic E-state index is -1.46. The number of nitrogens with one attached hydrogen (secondary N) is 1. The lowest BCUT2D eigenvalue weighted by Crippen LogP contribution is -2.55. The van der Waals surface area contributed by atoms with E-state index >= 15 is 0 Å². The molecule has 3 fully saturated rings. The van der Waals surface area contributed by atoms with E-state index in [1.165, 1.54) is 0 Å². The molecule has 2 aromatic carbocycles. The maximum Gasteiger partial charge on any atom is 0.322 e. The molecule has 2 saturated heterocycles. The summed E-state index contributed by atoms with van der Waals surface area (Å²) >= 11 is 6.49. The molecule has 1 aliphatic carbocycles. The van der Waals surface area contributed by atoms with Crippen LogP contribution in [0.25, 0.3) is 0 Å². The van der Waals surface area contributed by atoms with E-state index in [0.29, 0.717) is 36.4 Å². The fourth-order valence-electron chi connectivity index (χ4n) is 6.52. The Kier molecular flexibility index (Phi) is 10.8. The lowest BCUT2D eigenvalue weighted by molar-refractivity contribution is -0.231. The van der Waals surface area contributed by atoms with Crippen LogP contribution in [0.4, 0.5) is 0 Å². The van der Waals surface area contributed by atoms with Gasteiger partial charge in [-0.2, -0.15) is 5.26 Å². The van der Waals surface area contributed by atoms with Gasteiger partial charge in [0.15, 0.2) is 0 Å². The van der Waals surface area contributed by atoms with E-state index in [9.17, 15) is 35.6 Å². The number of aliphatic carboxylic acids is 1. The molecule has 2 aliphatic heterocycles. The number of hydrogen-bond donors (Lipinski definition) is 6. The van der Waals surface area contributed by atoms with Gasteiger partial charge in [-0.15, -0.1) is 0 Å². The second kappa shape index (κ2) is 14.5. The summed E-state index contributed by atoms with van der Waals surface area (Å²) in [5, 5.41) is 61.9. The standard InChI is InChI=1S/C32H40ClN3O8/c33-25-12-7-20(31-30(40)29(39)28(38)26(17-37)44-31)15-21(25)14-18-3-8-23(9-4-18)43-24-10-5-19(6-11-24)27(32(41)42)35-36-13-1-2-22(36)16-34/h3-4,7-9,12,15,19,22,24,26-31,35,37-40H,1-2,5-6,10-11,13-14,17H2,(H,41,42)/t19?,22?,24?,26-,27+,28-,29+,30-,31+/m1/s1. The van der Waals surface area contributed by atoms with E-state index in [1.54, 1.807) is 23.2 Å². The van der Waals surface area contributed by atoms with Gasteiger partial charge in [0.25, 0.3) is 0 Å². The first-order valence-electron chi connectivity index (χ1n) is 15.2. The van der Waals surface area contributed by atoms with Crippen LogP contribution in [0.2, 0.25) is 5.02 Å². The van der Waals surface area contributed by atoms with Crippen LogP contribution in [0.3, 0.4) is 0 Å². The van der Waals surface area contributed by atoms with Gasteiger partial charge in [-0.25, -0.2) is 10.4 Å². The third-order valence-electron chi connectivity index (χ3n) is 9.07. The Morgan fingerprint density at radius 1 is 1.07 bits per heavy atom. The molecular formula is C32H40ClN3O8. The van der Waals surface area contributed by atoms with Crippen LogP contribution in [0.15, 0.2) is 42.5 Å². The van der Waals surface area contributed by atoms with Crippen LogP contribution in [0.5, 0.6) is 5.75 Å². The van der Waals surface area contributed by atoms with E-state index < -0.39 is 49.1 Å². The summed E-state index contributed by atoms with van der Waals surface area (Å²) in [4.78, 5) is 12.0. The highest BCUT2D eigenvalue weighted by atomic mass is 35.5. The molecule has 44 heavy (non-hydrogen) atoms. The van der Waals surface area contributed by atoms with E-state index in [2.05, 4.69) is 11.5 Å². The Bertz CT molecular complexity index is 1310. The minimum absolute atomic E-state index is 0.0187. The first-order chi connectivity index (χ1) is 21.2. The van der Waals surface area contributed by atoms with Gasteiger partial charge < -0.3 is 35.0 Å². The van der Waals surface area contributed by atoms with Crippen LogP contribution < -0.4 is 10.2 Å². The molecule has 238 valence electrons. The number of nitrogens with zero attached hydrogens (tertiary/aromatic N) is 2. The van der Waals surface area contributed by atoms with Gasteiger partial charge in [-0.1, -0.05) is 35.9 Å². The Morgan fingerprint density at radius 3 is 2.45 bits per heavy atom. The number of rotatable bonds is 10. The molecule has 3 aliphatic rings. The first-order valence-corrected chi connectivity index (χ1v) is 15.6. The van der Waals surface area contributed by atoms with Crippen molar-refractivity contribution < 1.29 is 39.8 Å². The quantitative estimate of drug-likeness (QED) is 0.227. The van der Waals surface area contributed by atoms with Crippen LogP contribution in [0, 0.1) is 17.2 Å². The molecule has 11 nitrogen and oxygen atoms in total. The molecule has 1 saturated carbocycles. The van der Waals surface area contributed by atoms with Gasteiger partial charge in [-0.3, -0.25) is 4.79 Å². The highest BCUT2D eigenvalue weighted by Crippen LogP contribution is 2.35. The molecule has 2 aromatic rings. The second-order valence-electron chi connectivity index (χ2n) is 12.0. The smallest absolute Gasteiger partial charge is 0.322 e. The summed E-state index contributed by atoms with van der Waals surface area (Å²) in [5.74, 6) is -0.217. The Labute approximate surface area is 261 Å². The zero-order chi connectivity index (χ0) is 31.4. The summed E-state index contributed by atoms with van der Waals surface area (Å²) in [6, 6.07) is 14.1. The molecule has 6 N–H and O–H groups in total. The summed E-state index contributed by atoms with van der Waals surface area (Å²) in [5.41, 5.74) is 5.45. The molecule has 7 atom stereocenters. The molecule has 1 unspecified atom stereocenters. The van der Waals surface area contributed by atoms with Crippen molar-refractivity contribution in [1.82, 2.24) is 10.4 Å². The number of carbonyl (C=O) groups is 1. The largest absolute Gasteiger partial charge is 0.490 e. The fraction of sp³-hybridized carbons (Fsp3) is 0.562. The number of halogens is 1. The molecule has 0 amide bonds. The number of nitriles is 1. The van der Waals surface area contributed by atoms with E-state index in [0.717, 1.165) is 42.6 Å². The van der Waals surface area contributed by atoms with Gasteiger partial charge >= 0.3 is 5.97 Å². The summed E-state index contributed by atoms with van der Waals surface area (Å²) in [6.45, 7) is 0.173. The van der Waals surface area contributed by atoms with Crippen LogP contribution in [0.1, 0.15) is 61.3 Å². The molecule has 0 bridgehead atoms. The molecule has 0 aromatic heterocycles. The monoisotopic (exact) mass is 629 g/mol. The van der Waals surface area contributed by atoms with E-state index in [1.807, 2.05) is 24.3 Å². The SMILES string of the molecule is N#CC1CCCN1N[C@H](C(=O)O)C1CCC(Oc2ccc(Cc3cc([C@@H]4O[C@H](CO)[C@@H](O)[C@H](O)[C@H]4O)ccc3Cl)cc2)CC1. The molecule has 0 spiro atoms. The fourth-order valence-corrected chi connectivity index (χ4v) is 6.70. The lowest BCUT2D eigenvalue weighted by Gasteiger charge is -2.40. The van der Waals surface area contributed by atoms with Crippen molar-refractivity contribution in [3.63, 3.8) is 0 Å². The Balaban J connectivity index is 1.16. The number of ether oxygens (including phenoxy) is 2. The van der Waals surface area contributed by atoms with Crippen LogP contribution >= 0.6 is 11.6 Å². The van der Waals surface area contributed by atoms with Crippen molar-refractivity contribution in [1.29, 1.82) is 5.26 Å². The van der Waals surface area contributed by atoms with E-state index in [4.69, 9.17) is 21.1 Å². The van der Waals surface area contributed by atoms with Gasteiger partial charge in [0.2, 0.25) is 0 Å². The second-order valence-corrected chi connectivity index (χ2v) is 12.4. The number of carboxylic acids is 1. The summed E-state index contributed by atoms with van der Waals surface area (Å²) in [7, 11) is 0. The zero-order valence-electron chi connectivity index (χ0n) is 24.3. The van der Waals surface area contributed by atoms with Crippen molar-refractivity contribution in [2.24, 2.45) is 5.92 Å². The topological polar surface area (TPSA) is 176 Å². The van der Waals surface area contributed by atoms with Crippen molar-refractivity contribution in [2.75, 3.05) is 13.2 Å². The van der Waals surface area contributed by atoms with Crippen LogP contribution in [-0.2, 0) is 16.0 Å². The molecule has 12 heteroatoms. The zero-order valence-corrected chi connectivity index (χ0v) is 25.1. The first kappa shape index (κ1) is 32.6. The predicted molar refractivity (Wildman–Crippen MR) is 160 cm³/mol. The number of aliphatic hydroxyl groups excluding tert-OH is 4. The third-order valence-corrected chi connectivity index (χ3v) is 9.44. The number of carboxylic acid groups (broad SMARTS) is 1. The van der Waals surface area contributed by atoms with Crippen molar-refractivity contribution in [2.45, 2.75) is 93.7 Å². The highest BCUT2D eigenvalue weighted by Gasteiger charge is 2.44. The Hall–Kier alpha value is -2.79. The predicted octanol–water partition coefficient (Wildman–Crippen LogP) is 2.33. The molecular weight excluding hydrogens is 590 g/mol. The van der Waals surface area contributed by atoms with Crippen molar-refractivity contribution in [3.05, 3.63) is 64.2 Å². The van der Waals surface area contributed by atoms with Crippen molar-refractivity contribution in [3.8, 4) is 11.8 Å². The average molecular weight is 630 g/mol. The third kappa shape index (κ3) is 7.36.